The van der Waals surface area contributed by atoms with E-state index < -0.39 is 6.04 Å². The number of carbonyl (C=O) groups excluding carboxylic acids is 2. The third-order valence-corrected chi connectivity index (χ3v) is 4.05. The molecule has 5 heteroatoms. The highest BCUT2D eigenvalue weighted by Gasteiger charge is 2.27. The number of rotatable bonds is 6. The molecule has 1 aliphatic rings. The Morgan fingerprint density at radius 1 is 1.22 bits per heavy atom. The first-order valence-corrected chi connectivity index (χ1v) is 8.32. The zero-order valence-electron chi connectivity index (χ0n) is 13.9. The summed E-state index contributed by atoms with van der Waals surface area (Å²) < 4.78 is 5.56. The van der Waals surface area contributed by atoms with Crippen LogP contribution in [0.2, 0.25) is 0 Å². The quantitative estimate of drug-likeness (QED) is 0.624. The van der Waals surface area contributed by atoms with E-state index >= 15 is 0 Å². The van der Waals surface area contributed by atoms with Crippen LogP contribution in [0.5, 0.6) is 0 Å². The lowest BCUT2D eigenvalue weighted by atomic mass is 10.0. The lowest BCUT2D eigenvalue weighted by Crippen LogP contribution is -2.43. The first-order chi connectivity index (χ1) is 11.0. The second-order valence-electron chi connectivity index (χ2n) is 6.62. The highest BCUT2D eigenvalue weighted by molar-refractivity contribution is 5.97. The Labute approximate surface area is 137 Å². The summed E-state index contributed by atoms with van der Waals surface area (Å²) in [4.78, 5) is 24.7. The van der Waals surface area contributed by atoms with Crippen molar-refractivity contribution in [1.29, 1.82) is 0 Å². The second kappa shape index (κ2) is 7.99. The molecule has 0 aliphatic heterocycles. The summed E-state index contributed by atoms with van der Waals surface area (Å²) in [6.07, 6.45) is 4.62. The molecule has 0 bridgehead atoms. The summed E-state index contributed by atoms with van der Waals surface area (Å²) in [5, 5.41) is 2.80. The molecule has 3 N–H and O–H groups in total. The van der Waals surface area contributed by atoms with Gasteiger partial charge in [-0.1, -0.05) is 13.8 Å². The lowest BCUT2D eigenvalue weighted by Gasteiger charge is -2.21. The molecule has 1 amide bonds. The zero-order valence-corrected chi connectivity index (χ0v) is 13.9. The largest absolute Gasteiger partial charge is 0.461 e. The van der Waals surface area contributed by atoms with Crippen molar-refractivity contribution in [2.24, 2.45) is 5.92 Å². The van der Waals surface area contributed by atoms with Crippen molar-refractivity contribution in [2.45, 2.75) is 58.1 Å². The van der Waals surface area contributed by atoms with Crippen molar-refractivity contribution in [3.05, 3.63) is 29.8 Å². The van der Waals surface area contributed by atoms with Crippen LogP contribution in [0.25, 0.3) is 0 Å². The average Bonchev–Trinajstić information content (AvgIpc) is 2.99. The van der Waals surface area contributed by atoms with Crippen LogP contribution >= 0.6 is 0 Å². The van der Waals surface area contributed by atoms with Crippen LogP contribution in [0.3, 0.4) is 0 Å². The van der Waals surface area contributed by atoms with Gasteiger partial charge in [0.15, 0.2) is 0 Å². The van der Waals surface area contributed by atoms with Gasteiger partial charge < -0.3 is 15.8 Å². The monoisotopic (exact) mass is 318 g/mol. The maximum Gasteiger partial charge on any atom is 0.328 e. The Hall–Kier alpha value is -2.04. The lowest BCUT2D eigenvalue weighted by molar-refractivity contribution is -0.151. The summed E-state index contributed by atoms with van der Waals surface area (Å²) in [6.45, 7) is 4.04. The Morgan fingerprint density at radius 3 is 2.39 bits per heavy atom. The molecule has 23 heavy (non-hydrogen) atoms. The number of amides is 1. The third kappa shape index (κ3) is 5.27. The van der Waals surface area contributed by atoms with Gasteiger partial charge >= 0.3 is 5.97 Å². The number of esters is 1. The molecule has 0 spiro atoms. The van der Waals surface area contributed by atoms with Gasteiger partial charge in [0, 0.05) is 11.3 Å². The Bertz CT molecular complexity index is 534. The maximum absolute atomic E-state index is 12.4. The number of ether oxygens (including phenoxy) is 1. The van der Waals surface area contributed by atoms with Crippen LogP contribution < -0.4 is 11.1 Å². The first-order valence-electron chi connectivity index (χ1n) is 8.32. The van der Waals surface area contributed by atoms with Crippen molar-refractivity contribution >= 4 is 17.6 Å². The number of nitrogen functional groups attached to an aromatic ring is 1. The van der Waals surface area contributed by atoms with E-state index in [0.717, 1.165) is 25.7 Å². The van der Waals surface area contributed by atoms with Crippen LogP contribution in [0.1, 0.15) is 56.3 Å². The molecule has 1 fully saturated rings. The number of nitrogens with two attached hydrogens (primary N) is 1. The number of carbonyl (C=O) groups is 2. The predicted molar refractivity (Wildman–Crippen MR) is 89.9 cm³/mol. The Balaban J connectivity index is 2.00. The smallest absolute Gasteiger partial charge is 0.328 e. The highest BCUT2D eigenvalue weighted by Crippen LogP contribution is 2.22. The maximum atomic E-state index is 12.4. The van der Waals surface area contributed by atoms with Gasteiger partial charge in [0.05, 0.1) is 0 Å². The van der Waals surface area contributed by atoms with Gasteiger partial charge in [0.25, 0.3) is 5.91 Å². The normalized spacial score (nSPS) is 16.3. The molecule has 1 saturated carbocycles. The topological polar surface area (TPSA) is 81.4 Å². The molecular formula is C18H26N2O3. The summed E-state index contributed by atoms with van der Waals surface area (Å²) in [6, 6.07) is 6.03. The number of hydrogen-bond donors (Lipinski definition) is 2. The van der Waals surface area contributed by atoms with E-state index in [1.54, 1.807) is 24.3 Å². The van der Waals surface area contributed by atoms with Gasteiger partial charge in [-0.25, -0.2) is 4.79 Å². The van der Waals surface area contributed by atoms with Crippen LogP contribution in [-0.2, 0) is 9.53 Å². The fraction of sp³-hybridized carbons (Fsp3) is 0.556. The number of anilines is 1. The van der Waals surface area contributed by atoms with Gasteiger partial charge in [-0.3, -0.25) is 4.79 Å². The molecule has 0 saturated heterocycles. The second-order valence-corrected chi connectivity index (χ2v) is 6.62. The molecule has 1 aromatic carbocycles. The standard InChI is InChI=1S/C18H26N2O3/c1-12(2)11-16(18(22)23-15-5-3-4-6-15)20-17(21)13-7-9-14(19)10-8-13/h7-10,12,15-16H,3-6,11,19H2,1-2H3,(H,20,21)/t16-/m0/s1. The van der Waals surface area contributed by atoms with Crippen LogP contribution in [0.15, 0.2) is 24.3 Å². The van der Waals surface area contributed by atoms with Crippen molar-refractivity contribution < 1.29 is 14.3 Å². The number of benzene rings is 1. The van der Waals surface area contributed by atoms with Gasteiger partial charge in [-0.15, -0.1) is 0 Å². The summed E-state index contributed by atoms with van der Waals surface area (Å²) in [5.74, 6) is -0.323. The summed E-state index contributed by atoms with van der Waals surface area (Å²) in [5.41, 5.74) is 6.71. The minimum absolute atomic E-state index is 0.00517. The number of hydrogen-bond acceptors (Lipinski definition) is 4. The molecule has 1 aromatic rings. The van der Waals surface area contributed by atoms with E-state index in [4.69, 9.17) is 10.5 Å². The third-order valence-electron chi connectivity index (χ3n) is 4.05. The molecule has 126 valence electrons. The van der Waals surface area contributed by atoms with Gasteiger partial charge in [0.2, 0.25) is 0 Å². The molecule has 1 aliphatic carbocycles. The molecule has 0 radical (unpaired) electrons. The summed E-state index contributed by atoms with van der Waals surface area (Å²) in [7, 11) is 0. The van der Waals surface area contributed by atoms with Crippen LogP contribution in [0.4, 0.5) is 5.69 Å². The summed E-state index contributed by atoms with van der Waals surface area (Å²) >= 11 is 0. The van der Waals surface area contributed by atoms with E-state index in [-0.39, 0.29) is 23.9 Å². The SMILES string of the molecule is CC(C)C[C@H](NC(=O)c1ccc(N)cc1)C(=O)OC1CCCC1. The van der Waals surface area contributed by atoms with Crippen LogP contribution in [-0.4, -0.2) is 24.0 Å². The Morgan fingerprint density at radius 2 is 1.83 bits per heavy atom. The molecule has 5 nitrogen and oxygen atoms in total. The van der Waals surface area contributed by atoms with Crippen molar-refractivity contribution in [1.82, 2.24) is 5.32 Å². The van der Waals surface area contributed by atoms with E-state index in [9.17, 15) is 9.59 Å². The van der Waals surface area contributed by atoms with E-state index in [1.807, 2.05) is 13.8 Å². The molecular weight excluding hydrogens is 292 g/mol. The molecule has 0 unspecified atom stereocenters. The Kier molecular flexibility index (Phi) is 6.02. The minimum atomic E-state index is -0.611. The van der Waals surface area contributed by atoms with E-state index in [1.165, 1.54) is 0 Å². The van der Waals surface area contributed by atoms with E-state index in [2.05, 4.69) is 5.32 Å². The molecule has 1 atom stereocenters. The van der Waals surface area contributed by atoms with Crippen molar-refractivity contribution in [2.75, 3.05) is 5.73 Å². The predicted octanol–water partition coefficient (Wildman–Crippen LogP) is 2.90. The average molecular weight is 318 g/mol. The van der Waals surface area contributed by atoms with E-state index in [0.29, 0.717) is 17.7 Å². The van der Waals surface area contributed by atoms with Crippen molar-refractivity contribution in [3.8, 4) is 0 Å². The fourth-order valence-electron chi connectivity index (χ4n) is 2.81. The van der Waals surface area contributed by atoms with Crippen LogP contribution in [0, 0.1) is 5.92 Å². The van der Waals surface area contributed by atoms with Crippen molar-refractivity contribution in [3.63, 3.8) is 0 Å². The first kappa shape index (κ1) is 17.3. The minimum Gasteiger partial charge on any atom is -0.461 e. The highest BCUT2D eigenvalue weighted by atomic mass is 16.5. The molecule has 0 heterocycles. The van der Waals surface area contributed by atoms with Gasteiger partial charge in [-0.2, -0.15) is 0 Å². The molecule has 2 rings (SSSR count). The fourth-order valence-corrected chi connectivity index (χ4v) is 2.81. The van der Waals surface area contributed by atoms with Gasteiger partial charge in [-0.05, 0) is 62.3 Å². The number of nitrogens with one attached hydrogen (secondary N) is 1. The van der Waals surface area contributed by atoms with Gasteiger partial charge in [0.1, 0.15) is 12.1 Å². The zero-order chi connectivity index (χ0) is 16.8. The molecule has 0 aromatic heterocycles.